The molecule has 1 aromatic heterocycles. The molecule has 1 heterocycles. The molecule has 7 heteroatoms. The Morgan fingerprint density at radius 1 is 1.47 bits per heavy atom. The number of hydrogen-bond donors (Lipinski definition) is 3. The molecule has 0 saturated carbocycles. The zero-order chi connectivity index (χ0) is 11.6. The maximum atomic E-state index is 13.0. The summed E-state index contributed by atoms with van der Waals surface area (Å²) in [6.45, 7) is 0. The second-order valence-corrected chi connectivity index (χ2v) is 2.72. The molecule has 0 saturated heterocycles. The molecule has 1 rings (SSSR count). The minimum atomic E-state index is -1.53. The number of rotatable bonds is 3. The van der Waals surface area contributed by atoms with E-state index in [2.05, 4.69) is 4.98 Å². The highest BCUT2D eigenvalue weighted by Gasteiger charge is 2.19. The van der Waals surface area contributed by atoms with E-state index < -0.39 is 29.5 Å². The molecule has 0 bridgehead atoms. The molecule has 0 spiro atoms. The lowest BCUT2D eigenvalue weighted by atomic mass is 10.1. The summed E-state index contributed by atoms with van der Waals surface area (Å²) < 4.78 is 13.0. The predicted molar refractivity (Wildman–Crippen MR) is 45.7 cm³/mol. The second-order valence-electron chi connectivity index (χ2n) is 2.72. The van der Waals surface area contributed by atoms with Gasteiger partial charge in [-0.15, -0.1) is 0 Å². The molecule has 80 valence electrons. The fraction of sp³-hybridized carbons (Fsp3) is 0.125. The zero-order valence-electron chi connectivity index (χ0n) is 7.35. The standard InChI is InChI=1S/C8H7FN2O4/c9-4-1-3(5(10)7(12)13)2-11-6(4)8(14)15/h1-2,5H,10H2,(H,12,13)(H,14,15)/t5-/m1/s1. The lowest BCUT2D eigenvalue weighted by Gasteiger charge is -2.06. The lowest BCUT2D eigenvalue weighted by molar-refractivity contribution is -0.138. The lowest BCUT2D eigenvalue weighted by Crippen LogP contribution is -2.21. The number of aliphatic carboxylic acids is 1. The summed E-state index contributed by atoms with van der Waals surface area (Å²) in [5.74, 6) is -3.99. The number of nitrogens with two attached hydrogens (primary N) is 1. The fourth-order valence-corrected chi connectivity index (χ4v) is 0.923. The van der Waals surface area contributed by atoms with Crippen LogP contribution < -0.4 is 5.73 Å². The Morgan fingerprint density at radius 2 is 2.07 bits per heavy atom. The van der Waals surface area contributed by atoms with Gasteiger partial charge in [0, 0.05) is 11.8 Å². The van der Waals surface area contributed by atoms with Crippen molar-refractivity contribution in [2.75, 3.05) is 0 Å². The second kappa shape index (κ2) is 4.01. The SMILES string of the molecule is N[C@@H](C(=O)O)c1cnc(C(=O)O)c(F)c1. The van der Waals surface area contributed by atoms with Crippen LogP contribution >= 0.6 is 0 Å². The molecule has 4 N–H and O–H groups in total. The number of pyridine rings is 1. The molecule has 0 aliphatic heterocycles. The van der Waals surface area contributed by atoms with Crippen molar-refractivity contribution in [1.82, 2.24) is 4.98 Å². The van der Waals surface area contributed by atoms with E-state index in [9.17, 15) is 14.0 Å². The van der Waals surface area contributed by atoms with Crippen LogP contribution in [0.4, 0.5) is 4.39 Å². The number of aromatic carboxylic acids is 1. The van der Waals surface area contributed by atoms with Crippen LogP contribution in [0.3, 0.4) is 0 Å². The van der Waals surface area contributed by atoms with Crippen LogP contribution in [0.2, 0.25) is 0 Å². The van der Waals surface area contributed by atoms with Crippen molar-refractivity contribution in [3.63, 3.8) is 0 Å². The number of carbonyl (C=O) groups is 2. The molecule has 0 aliphatic rings. The first-order chi connectivity index (χ1) is 6.93. The van der Waals surface area contributed by atoms with Gasteiger partial charge in [0.2, 0.25) is 0 Å². The summed E-state index contributed by atoms with van der Waals surface area (Å²) in [5.41, 5.74) is 4.32. The molecule has 1 atom stereocenters. The number of halogens is 1. The first kappa shape index (κ1) is 11.1. The van der Waals surface area contributed by atoms with Gasteiger partial charge in [0.1, 0.15) is 6.04 Å². The molecule has 0 amide bonds. The fourth-order valence-electron chi connectivity index (χ4n) is 0.923. The Hall–Kier alpha value is -2.02. The minimum absolute atomic E-state index is 0.0926. The number of hydrogen-bond acceptors (Lipinski definition) is 4. The van der Waals surface area contributed by atoms with Gasteiger partial charge in [-0.25, -0.2) is 14.2 Å². The molecule has 0 fully saturated rings. The summed E-state index contributed by atoms with van der Waals surface area (Å²) in [5, 5.41) is 17.0. The van der Waals surface area contributed by atoms with Crippen molar-refractivity contribution in [3.8, 4) is 0 Å². The Labute approximate surface area is 83.2 Å². The Balaban J connectivity index is 3.12. The molecule has 0 aliphatic carbocycles. The summed E-state index contributed by atoms with van der Waals surface area (Å²) in [4.78, 5) is 24.1. The van der Waals surface area contributed by atoms with Crippen LogP contribution in [0.25, 0.3) is 0 Å². The van der Waals surface area contributed by atoms with Gasteiger partial charge in [-0.3, -0.25) is 4.79 Å². The van der Waals surface area contributed by atoms with Crippen molar-refractivity contribution in [2.24, 2.45) is 5.73 Å². The van der Waals surface area contributed by atoms with Gasteiger partial charge in [0.25, 0.3) is 0 Å². The Bertz CT molecular complexity index is 421. The number of carboxylic acids is 2. The highest BCUT2D eigenvalue weighted by molar-refractivity contribution is 5.85. The number of carboxylic acid groups (broad SMARTS) is 2. The van der Waals surface area contributed by atoms with Crippen LogP contribution in [0, 0.1) is 5.82 Å². The molecular formula is C8H7FN2O4. The third-order valence-electron chi connectivity index (χ3n) is 1.69. The third-order valence-corrected chi connectivity index (χ3v) is 1.69. The van der Waals surface area contributed by atoms with Crippen molar-refractivity contribution in [2.45, 2.75) is 6.04 Å². The third kappa shape index (κ3) is 2.26. The summed E-state index contributed by atoms with van der Waals surface area (Å²) in [6.07, 6.45) is 0.922. The predicted octanol–water partition coefficient (Wildman–Crippen LogP) is 0.00330. The van der Waals surface area contributed by atoms with Crippen molar-refractivity contribution in [3.05, 3.63) is 29.3 Å². The van der Waals surface area contributed by atoms with Gasteiger partial charge in [0.05, 0.1) is 0 Å². The van der Waals surface area contributed by atoms with Gasteiger partial charge in [0.15, 0.2) is 11.5 Å². The quantitative estimate of drug-likeness (QED) is 0.652. The maximum absolute atomic E-state index is 13.0. The molecule has 6 nitrogen and oxygen atoms in total. The van der Waals surface area contributed by atoms with E-state index in [1.165, 1.54) is 0 Å². The van der Waals surface area contributed by atoms with E-state index in [0.717, 1.165) is 12.3 Å². The van der Waals surface area contributed by atoms with E-state index in [-0.39, 0.29) is 5.56 Å². The van der Waals surface area contributed by atoms with Crippen LogP contribution in [-0.2, 0) is 4.79 Å². The van der Waals surface area contributed by atoms with Gasteiger partial charge >= 0.3 is 11.9 Å². The first-order valence-corrected chi connectivity index (χ1v) is 3.80. The van der Waals surface area contributed by atoms with Gasteiger partial charge in [-0.2, -0.15) is 0 Å². The van der Waals surface area contributed by atoms with Gasteiger partial charge in [-0.1, -0.05) is 0 Å². The molecular weight excluding hydrogens is 207 g/mol. The highest BCUT2D eigenvalue weighted by Crippen LogP contribution is 2.13. The first-order valence-electron chi connectivity index (χ1n) is 3.80. The summed E-state index contributed by atoms with van der Waals surface area (Å²) in [7, 11) is 0. The van der Waals surface area contributed by atoms with E-state index >= 15 is 0 Å². The monoisotopic (exact) mass is 214 g/mol. The minimum Gasteiger partial charge on any atom is -0.480 e. The Morgan fingerprint density at radius 3 is 2.47 bits per heavy atom. The van der Waals surface area contributed by atoms with Gasteiger partial charge < -0.3 is 15.9 Å². The normalized spacial score (nSPS) is 12.1. The largest absolute Gasteiger partial charge is 0.480 e. The van der Waals surface area contributed by atoms with Crippen LogP contribution in [0.15, 0.2) is 12.3 Å². The molecule has 1 aromatic rings. The molecule has 0 unspecified atom stereocenters. The summed E-state index contributed by atoms with van der Waals surface area (Å²) >= 11 is 0. The molecule has 0 radical (unpaired) electrons. The van der Waals surface area contributed by atoms with E-state index in [0.29, 0.717) is 0 Å². The van der Waals surface area contributed by atoms with Crippen molar-refractivity contribution in [1.29, 1.82) is 0 Å². The maximum Gasteiger partial charge on any atom is 0.357 e. The number of nitrogens with zero attached hydrogens (tertiary/aromatic N) is 1. The van der Waals surface area contributed by atoms with Crippen LogP contribution in [0.1, 0.15) is 22.1 Å². The van der Waals surface area contributed by atoms with E-state index in [1.54, 1.807) is 0 Å². The van der Waals surface area contributed by atoms with E-state index in [1.807, 2.05) is 0 Å². The molecule has 0 aromatic carbocycles. The van der Waals surface area contributed by atoms with Gasteiger partial charge in [-0.05, 0) is 6.07 Å². The van der Waals surface area contributed by atoms with Crippen LogP contribution in [-0.4, -0.2) is 27.1 Å². The highest BCUT2D eigenvalue weighted by atomic mass is 19.1. The van der Waals surface area contributed by atoms with Crippen LogP contribution in [0.5, 0.6) is 0 Å². The zero-order valence-corrected chi connectivity index (χ0v) is 7.35. The van der Waals surface area contributed by atoms with Crippen molar-refractivity contribution < 1.29 is 24.2 Å². The molecule has 15 heavy (non-hydrogen) atoms. The topological polar surface area (TPSA) is 114 Å². The van der Waals surface area contributed by atoms with Crippen molar-refractivity contribution >= 4 is 11.9 Å². The Kier molecular flexibility index (Phi) is 2.96. The number of aromatic nitrogens is 1. The average Bonchev–Trinajstić information content (AvgIpc) is 2.15. The van der Waals surface area contributed by atoms with E-state index in [4.69, 9.17) is 15.9 Å². The average molecular weight is 214 g/mol. The summed E-state index contributed by atoms with van der Waals surface area (Å²) in [6, 6.07) is -0.676. The smallest absolute Gasteiger partial charge is 0.357 e.